The highest BCUT2D eigenvalue weighted by Crippen LogP contribution is 2.30. The van der Waals surface area contributed by atoms with Crippen LogP contribution in [0.15, 0.2) is 18.2 Å². The molecule has 1 aromatic rings. The van der Waals surface area contributed by atoms with Crippen LogP contribution in [0, 0.1) is 5.82 Å². The van der Waals surface area contributed by atoms with Gasteiger partial charge >= 0.3 is 5.97 Å². The number of morpholine rings is 1. The van der Waals surface area contributed by atoms with Gasteiger partial charge in [-0.25, -0.2) is 4.39 Å². The van der Waals surface area contributed by atoms with Gasteiger partial charge in [0.15, 0.2) is 0 Å². The smallest absolute Gasteiger partial charge is 0.307 e. The molecule has 116 valence electrons. The Morgan fingerprint density at radius 3 is 2.86 bits per heavy atom. The first-order valence-corrected chi connectivity index (χ1v) is 7.42. The molecule has 0 amide bonds. The van der Waals surface area contributed by atoms with Crippen LogP contribution >= 0.6 is 11.6 Å². The minimum Gasteiger partial charge on any atom is -0.466 e. The van der Waals surface area contributed by atoms with Gasteiger partial charge in [0.1, 0.15) is 5.82 Å². The largest absolute Gasteiger partial charge is 0.466 e. The Bertz CT molecular complexity index is 492. The number of hydrogen-bond donors (Lipinski definition) is 0. The van der Waals surface area contributed by atoms with E-state index in [2.05, 4.69) is 0 Å². The maximum atomic E-state index is 14.1. The number of ether oxygens (including phenoxy) is 2. The van der Waals surface area contributed by atoms with E-state index in [-0.39, 0.29) is 24.2 Å². The Morgan fingerprint density at radius 2 is 2.19 bits per heavy atom. The molecule has 0 N–H and O–H groups in total. The van der Waals surface area contributed by atoms with Crippen molar-refractivity contribution in [3.63, 3.8) is 0 Å². The summed E-state index contributed by atoms with van der Waals surface area (Å²) in [5.74, 6) is -0.700. The second-order valence-electron chi connectivity index (χ2n) is 4.84. The van der Waals surface area contributed by atoms with Gasteiger partial charge in [0.2, 0.25) is 0 Å². The van der Waals surface area contributed by atoms with E-state index in [9.17, 15) is 9.18 Å². The first-order chi connectivity index (χ1) is 10.1. The number of benzene rings is 1. The Kier molecular flexibility index (Phi) is 5.96. The Balaban J connectivity index is 2.25. The van der Waals surface area contributed by atoms with E-state index >= 15 is 0 Å². The molecule has 1 atom stereocenters. The molecule has 0 bridgehead atoms. The summed E-state index contributed by atoms with van der Waals surface area (Å²) in [4.78, 5) is 13.9. The quantitative estimate of drug-likeness (QED) is 0.783. The van der Waals surface area contributed by atoms with Crippen molar-refractivity contribution in [2.24, 2.45) is 0 Å². The monoisotopic (exact) mass is 315 g/mol. The highest BCUT2D eigenvalue weighted by molar-refractivity contribution is 6.30. The number of rotatable bonds is 5. The molecule has 21 heavy (non-hydrogen) atoms. The van der Waals surface area contributed by atoms with Gasteiger partial charge in [0.05, 0.1) is 26.2 Å². The van der Waals surface area contributed by atoms with Crippen LogP contribution < -0.4 is 0 Å². The standard InChI is InChI=1S/C15H19ClFNO3/c1-2-21-15(19)10-14(18-5-7-20-8-6-18)12-9-11(16)3-4-13(12)17/h3-4,9,14H,2,5-8,10H2,1H3. The molecule has 1 fully saturated rings. The van der Waals surface area contributed by atoms with Gasteiger partial charge in [-0.2, -0.15) is 0 Å². The van der Waals surface area contributed by atoms with Gasteiger partial charge in [0.25, 0.3) is 0 Å². The lowest BCUT2D eigenvalue weighted by Gasteiger charge is -2.34. The third-order valence-corrected chi connectivity index (χ3v) is 3.70. The predicted molar refractivity (Wildman–Crippen MR) is 77.8 cm³/mol. The Hall–Kier alpha value is -1.17. The van der Waals surface area contributed by atoms with E-state index in [1.54, 1.807) is 13.0 Å². The molecule has 1 aliphatic rings. The Labute approximate surface area is 128 Å². The summed E-state index contributed by atoms with van der Waals surface area (Å²) in [6.07, 6.45) is 0.102. The van der Waals surface area contributed by atoms with Crippen LogP contribution in [0.3, 0.4) is 0 Å². The van der Waals surface area contributed by atoms with Crippen molar-refractivity contribution in [2.75, 3.05) is 32.9 Å². The van der Waals surface area contributed by atoms with Gasteiger partial charge in [-0.15, -0.1) is 0 Å². The maximum absolute atomic E-state index is 14.1. The first-order valence-electron chi connectivity index (χ1n) is 7.04. The summed E-state index contributed by atoms with van der Waals surface area (Å²) in [7, 11) is 0. The Morgan fingerprint density at radius 1 is 1.48 bits per heavy atom. The summed E-state index contributed by atoms with van der Waals surface area (Å²) in [5, 5.41) is 0.452. The fourth-order valence-electron chi connectivity index (χ4n) is 2.47. The molecule has 0 spiro atoms. The molecule has 0 saturated carbocycles. The number of carbonyl (C=O) groups excluding carboxylic acids is 1. The van der Waals surface area contributed by atoms with E-state index < -0.39 is 0 Å². The number of esters is 1. The fraction of sp³-hybridized carbons (Fsp3) is 0.533. The minimum absolute atomic E-state index is 0.102. The number of carbonyl (C=O) groups is 1. The zero-order valence-electron chi connectivity index (χ0n) is 12.0. The van der Waals surface area contributed by atoms with Crippen molar-refractivity contribution in [1.82, 2.24) is 4.90 Å². The molecule has 0 aromatic heterocycles. The lowest BCUT2D eigenvalue weighted by Crippen LogP contribution is -2.40. The summed E-state index contributed by atoms with van der Waals surface area (Å²) < 4.78 is 24.5. The van der Waals surface area contributed by atoms with Crippen LogP contribution in [-0.2, 0) is 14.3 Å². The van der Waals surface area contributed by atoms with Crippen molar-refractivity contribution >= 4 is 17.6 Å². The van der Waals surface area contributed by atoms with Crippen molar-refractivity contribution in [3.8, 4) is 0 Å². The number of halogens is 2. The molecule has 4 nitrogen and oxygen atoms in total. The molecular formula is C15H19ClFNO3. The average Bonchev–Trinajstić information content (AvgIpc) is 2.49. The van der Waals surface area contributed by atoms with Crippen molar-refractivity contribution in [3.05, 3.63) is 34.6 Å². The lowest BCUT2D eigenvalue weighted by atomic mass is 10.0. The molecule has 0 aliphatic carbocycles. The maximum Gasteiger partial charge on any atom is 0.307 e. The van der Waals surface area contributed by atoms with Gasteiger partial charge in [-0.05, 0) is 25.1 Å². The number of hydrogen-bond acceptors (Lipinski definition) is 4. The third-order valence-electron chi connectivity index (χ3n) is 3.47. The van der Waals surface area contributed by atoms with E-state index in [1.807, 2.05) is 4.90 Å². The normalized spacial score (nSPS) is 17.5. The van der Waals surface area contributed by atoms with Crippen molar-refractivity contribution < 1.29 is 18.7 Å². The molecular weight excluding hydrogens is 297 g/mol. The second-order valence-corrected chi connectivity index (χ2v) is 5.28. The van der Waals surface area contributed by atoms with Crippen molar-refractivity contribution in [1.29, 1.82) is 0 Å². The zero-order valence-corrected chi connectivity index (χ0v) is 12.7. The van der Waals surface area contributed by atoms with Crippen LogP contribution in [0.25, 0.3) is 0 Å². The summed E-state index contributed by atoms with van der Waals surface area (Å²) in [6.45, 7) is 4.50. The second kappa shape index (κ2) is 7.73. The molecule has 1 heterocycles. The fourth-order valence-corrected chi connectivity index (χ4v) is 2.65. The van der Waals surface area contributed by atoms with Crippen LogP contribution in [0.5, 0.6) is 0 Å². The highest BCUT2D eigenvalue weighted by Gasteiger charge is 2.28. The molecule has 1 saturated heterocycles. The topological polar surface area (TPSA) is 38.8 Å². The van der Waals surface area contributed by atoms with Gasteiger partial charge in [-0.1, -0.05) is 11.6 Å². The summed E-state index contributed by atoms with van der Waals surface area (Å²) in [5.41, 5.74) is 0.428. The molecule has 0 radical (unpaired) electrons. The SMILES string of the molecule is CCOC(=O)CC(c1cc(Cl)ccc1F)N1CCOCC1. The minimum atomic E-state index is -0.383. The van der Waals surface area contributed by atoms with Gasteiger partial charge in [-0.3, -0.25) is 9.69 Å². The molecule has 1 aliphatic heterocycles. The molecule has 6 heteroatoms. The van der Waals surface area contributed by atoms with Crippen LogP contribution in [0.4, 0.5) is 4.39 Å². The van der Waals surface area contributed by atoms with E-state index in [0.717, 1.165) is 0 Å². The predicted octanol–water partition coefficient (Wildman–Crippen LogP) is 2.81. The summed E-state index contributed by atoms with van der Waals surface area (Å²) in [6, 6.07) is 4.03. The first kappa shape index (κ1) is 16.2. The van der Waals surface area contributed by atoms with Crippen LogP contribution in [0.1, 0.15) is 24.9 Å². The van der Waals surface area contributed by atoms with Crippen LogP contribution in [-0.4, -0.2) is 43.8 Å². The highest BCUT2D eigenvalue weighted by atomic mass is 35.5. The third kappa shape index (κ3) is 4.40. The summed E-state index contributed by atoms with van der Waals surface area (Å²) >= 11 is 5.97. The van der Waals surface area contributed by atoms with E-state index in [0.29, 0.717) is 43.5 Å². The molecule has 1 unspecified atom stereocenters. The van der Waals surface area contributed by atoms with E-state index in [4.69, 9.17) is 21.1 Å². The van der Waals surface area contributed by atoms with Crippen molar-refractivity contribution in [2.45, 2.75) is 19.4 Å². The average molecular weight is 316 g/mol. The lowest BCUT2D eigenvalue weighted by molar-refractivity contribution is -0.145. The van der Waals surface area contributed by atoms with E-state index in [1.165, 1.54) is 12.1 Å². The molecule has 1 aromatic carbocycles. The molecule has 2 rings (SSSR count). The van der Waals surface area contributed by atoms with Gasteiger partial charge in [0, 0.05) is 29.7 Å². The van der Waals surface area contributed by atoms with Gasteiger partial charge < -0.3 is 9.47 Å². The van der Waals surface area contributed by atoms with Crippen LogP contribution in [0.2, 0.25) is 5.02 Å². The number of nitrogens with zero attached hydrogens (tertiary/aromatic N) is 1. The zero-order chi connectivity index (χ0) is 15.2.